The molecule has 3 amide bonds. The van der Waals surface area contributed by atoms with Crippen molar-refractivity contribution in [1.29, 1.82) is 0 Å². The third-order valence-corrected chi connectivity index (χ3v) is 4.73. The molecular formula is C18H25N3O4. The summed E-state index contributed by atoms with van der Waals surface area (Å²) in [6, 6.07) is 6.48. The maximum absolute atomic E-state index is 12.6. The van der Waals surface area contributed by atoms with Crippen LogP contribution in [0.3, 0.4) is 0 Å². The van der Waals surface area contributed by atoms with Crippen molar-refractivity contribution in [3.05, 3.63) is 29.8 Å². The van der Waals surface area contributed by atoms with Crippen molar-refractivity contribution < 1.29 is 19.5 Å². The van der Waals surface area contributed by atoms with Crippen LogP contribution < -0.4 is 5.32 Å². The molecule has 7 nitrogen and oxygen atoms in total. The topological polar surface area (TPSA) is 90.0 Å². The van der Waals surface area contributed by atoms with E-state index in [1.807, 2.05) is 13.8 Å². The minimum Gasteiger partial charge on any atom is -0.481 e. The van der Waals surface area contributed by atoms with Gasteiger partial charge in [0.15, 0.2) is 0 Å². The molecule has 25 heavy (non-hydrogen) atoms. The summed E-state index contributed by atoms with van der Waals surface area (Å²) in [5.74, 6) is -1.04. The second-order valence-electron chi connectivity index (χ2n) is 6.49. The van der Waals surface area contributed by atoms with Crippen LogP contribution in [-0.4, -0.2) is 59.0 Å². The number of carbonyl (C=O) groups is 3. The number of carboxylic acids is 1. The first-order chi connectivity index (χ1) is 11.8. The van der Waals surface area contributed by atoms with E-state index in [1.165, 1.54) is 4.90 Å². The summed E-state index contributed by atoms with van der Waals surface area (Å²) in [5, 5.41) is 12.0. The molecule has 1 aromatic carbocycles. The Bertz CT molecular complexity index is 672. The first-order valence-corrected chi connectivity index (χ1v) is 8.50. The molecule has 0 aliphatic carbocycles. The lowest BCUT2D eigenvalue weighted by molar-refractivity contribution is -0.146. The summed E-state index contributed by atoms with van der Waals surface area (Å²) in [5.41, 5.74) is -0.0541. The number of hydrogen-bond donors (Lipinski definition) is 2. The van der Waals surface area contributed by atoms with Crippen LogP contribution in [0.1, 0.15) is 37.6 Å². The van der Waals surface area contributed by atoms with Crippen LogP contribution in [0.4, 0.5) is 10.5 Å². The normalized spacial score (nSPS) is 19.6. The minimum atomic E-state index is -0.923. The van der Waals surface area contributed by atoms with Gasteiger partial charge in [0.1, 0.15) is 0 Å². The maximum Gasteiger partial charge on any atom is 0.321 e. The minimum absolute atomic E-state index is 0.141. The van der Waals surface area contributed by atoms with Gasteiger partial charge in [0, 0.05) is 26.2 Å². The largest absolute Gasteiger partial charge is 0.481 e. The number of carbonyl (C=O) groups excluding carboxylic acids is 2. The average Bonchev–Trinajstić information content (AvgIpc) is 3.00. The zero-order valence-electron chi connectivity index (χ0n) is 14.9. The Morgan fingerprint density at radius 3 is 2.44 bits per heavy atom. The number of aliphatic carboxylic acids is 1. The molecule has 7 heteroatoms. The van der Waals surface area contributed by atoms with E-state index in [4.69, 9.17) is 0 Å². The Kier molecular flexibility index (Phi) is 5.66. The number of carboxylic acid groups (broad SMARTS) is 1. The fourth-order valence-corrected chi connectivity index (χ4v) is 2.96. The summed E-state index contributed by atoms with van der Waals surface area (Å²) < 4.78 is 0. The zero-order valence-corrected chi connectivity index (χ0v) is 14.9. The second kappa shape index (κ2) is 7.55. The summed E-state index contributed by atoms with van der Waals surface area (Å²) in [4.78, 5) is 39.6. The van der Waals surface area contributed by atoms with Crippen LogP contribution in [-0.2, 0) is 4.79 Å². The molecule has 1 aromatic rings. The van der Waals surface area contributed by atoms with Gasteiger partial charge in [-0.3, -0.25) is 9.59 Å². The predicted molar refractivity (Wildman–Crippen MR) is 94.6 cm³/mol. The van der Waals surface area contributed by atoms with Crippen molar-refractivity contribution >= 4 is 23.6 Å². The van der Waals surface area contributed by atoms with Gasteiger partial charge in [0.25, 0.3) is 5.91 Å². The van der Waals surface area contributed by atoms with E-state index in [9.17, 15) is 19.5 Å². The molecule has 1 atom stereocenters. The van der Waals surface area contributed by atoms with Gasteiger partial charge in [-0.2, -0.15) is 0 Å². The number of nitrogens with one attached hydrogen (secondary N) is 1. The lowest BCUT2D eigenvalue weighted by Gasteiger charge is -2.23. The lowest BCUT2D eigenvalue weighted by Crippen LogP contribution is -2.38. The van der Waals surface area contributed by atoms with Gasteiger partial charge in [-0.25, -0.2) is 4.79 Å². The van der Waals surface area contributed by atoms with Crippen LogP contribution in [0, 0.1) is 5.41 Å². The Labute approximate surface area is 147 Å². The molecule has 0 spiro atoms. The van der Waals surface area contributed by atoms with Gasteiger partial charge in [-0.15, -0.1) is 0 Å². The molecule has 1 saturated heterocycles. The molecule has 0 bridgehead atoms. The van der Waals surface area contributed by atoms with Crippen LogP contribution >= 0.6 is 0 Å². The predicted octanol–water partition coefficient (Wildman–Crippen LogP) is 2.50. The highest BCUT2D eigenvalue weighted by molar-refractivity contribution is 6.03. The van der Waals surface area contributed by atoms with Crippen LogP contribution in [0.25, 0.3) is 0 Å². The first-order valence-electron chi connectivity index (χ1n) is 8.50. The Balaban J connectivity index is 2.15. The summed E-state index contributed by atoms with van der Waals surface area (Å²) in [6.07, 6.45) is 0.412. The monoisotopic (exact) mass is 347 g/mol. The number of anilines is 1. The molecule has 2 N–H and O–H groups in total. The highest BCUT2D eigenvalue weighted by atomic mass is 16.4. The van der Waals surface area contributed by atoms with E-state index >= 15 is 0 Å². The summed E-state index contributed by atoms with van der Waals surface area (Å²) in [6.45, 7) is 7.14. The second-order valence-corrected chi connectivity index (χ2v) is 6.49. The van der Waals surface area contributed by atoms with E-state index in [-0.39, 0.29) is 18.5 Å². The third-order valence-electron chi connectivity index (χ3n) is 4.73. The van der Waals surface area contributed by atoms with Crippen molar-refractivity contribution in [1.82, 2.24) is 9.80 Å². The number of amides is 3. The molecule has 1 aliphatic heterocycles. The molecule has 1 unspecified atom stereocenters. The van der Waals surface area contributed by atoms with Crippen LogP contribution in [0.5, 0.6) is 0 Å². The van der Waals surface area contributed by atoms with Crippen molar-refractivity contribution in [2.75, 3.05) is 31.5 Å². The number of benzene rings is 1. The maximum atomic E-state index is 12.6. The number of urea groups is 1. The number of nitrogens with zero attached hydrogens (tertiary/aromatic N) is 2. The molecule has 0 radical (unpaired) electrons. The first kappa shape index (κ1) is 18.8. The SMILES string of the molecule is CCN(CC)C(=O)c1ccccc1NC(=O)N1CCC(C)(C(=O)O)C1. The highest BCUT2D eigenvalue weighted by Gasteiger charge is 2.42. The summed E-state index contributed by atoms with van der Waals surface area (Å²) >= 11 is 0. The number of hydrogen-bond acceptors (Lipinski definition) is 3. The Hall–Kier alpha value is -2.57. The van der Waals surface area contributed by atoms with Gasteiger partial charge < -0.3 is 20.2 Å². The number of rotatable bonds is 5. The summed E-state index contributed by atoms with van der Waals surface area (Å²) in [7, 11) is 0. The molecule has 0 aromatic heterocycles. The molecule has 0 saturated carbocycles. The Morgan fingerprint density at radius 2 is 1.88 bits per heavy atom. The molecule has 1 aliphatic rings. The number of para-hydroxylation sites is 1. The van der Waals surface area contributed by atoms with Gasteiger partial charge in [0.05, 0.1) is 16.7 Å². The van der Waals surface area contributed by atoms with Crippen LogP contribution in [0.2, 0.25) is 0 Å². The van der Waals surface area contributed by atoms with E-state index in [0.29, 0.717) is 37.3 Å². The van der Waals surface area contributed by atoms with Gasteiger partial charge in [-0.1, -0.05) is 12.1 Å². The van der Waals surface area contributed by atoms with Crippen molar-refractivity contribution in [2.45, 2.75) is 27.2 Å². The average molecular weight is 347 g/mol. The quantitative estimate of drug-likeness (QED) is 0.856. The van der Waals surface area contributed by atoms with E-state index in [2.05, 4.69) is 5.32 Å². The van der Waals surface area contributed by atoms with Gasteiger partial charge in [0.2, 0.25) is 0 Å². The molecule has 1 heterocycles. The van der Waals surface area contributed by atoms with Gasteiger partial charge in [-0.05, 0) is 39.3 Å². The Morgan fingerprint density at radius 1 is 1.24 bits per heavy atom. The van der Waals surface area contributed by atoms with E-state index in [1.54, 1.807) is 36.1 Å². The van der Waals surface area contributed by atoms with Crippen molar-refractivity contribution in [3.63, 3.8) is 0 Å². The zero-order chi connectivity index (χ0) is 18.6. The molecule has 2 rings (SSSR count). The van der Waals surface area contributed by atoms with Gasteiger partial charge >= 0.3 is 12.0 Å². The van der Waals surface area contributed by atoms with E-state index < -0.39 is 11.4 Å². The lowest BCUT2D eigenvalue weighted by atomic mass is 9.90. The van der Waals surface area contributed by atoms with Crippen LogP contribution in [0.15, 0.2) is 24.3 Å². The smallest absolute Gasteiger partial charge is 0.321 e. The molecule has 136 valence electrons. The fraction of sp³-hybridized carbons (Fsp3) is 0.500. The highest BCUT2D eigenvalue weighted by Crippen LogP contribution is 2.30. The molecule has 1 fully saturated rings. The van der Waals surface area contributed by atoms with Crippen molar-refractivity contribution in [2.24, 2.45) is 5.41 Å². The third kappa shape index (κ3) is 3.92. The standard InChI is InChI=1S/C18H25N3O4/c1-4-20(5-2)15(22)13-8-6-7-9-14(13)19-17(25)21-11-10-18(3,12-21)16(23)24/h6-9H,4-5,10-12H2,1-3H3,(H,19,25)(H,23,24). The van der Waals surface area contributed by atoms with Crippen molar-refractivity contribution in [3.8, 4) is 0 Å². The van der Waals surface area contributed by atoms with E-state index in [0.717, 1.165) is 0 Å². The molecular weight excluding hydrogens is 322 g/mol. The fourth-order valence-electron chi connectivity index (χ4n) is 2.96. The number of likely N-dealkylation sites (tertiary alicyclic amines) is 1.